The molecule has 2 aromatic heterocycles. The summed E-state index contributed by atoms with van der Waals surface area (Å²) in [5.74, 6) is -0.366. The first-order valence-electron chi connectivity index (χ1n) is 9.53. The number of hydrogen-bond donors (Lipinski definition) is 3. The van der Waals surface area contributed by atoms with Crippen molar-refractivity contribution in [2.75, 3.05) is 10.6 Å². The molecule has 0 radical (unpaired) electrons. The maximum Gasteiger partial charge on any atom is 0.251 e. The molecule has 9 nitrogen and oxygen atoms in total. The summed E-state index contributed by atoms with van der Waals surface area (Å²) >= 11 is 1.35. The highest BCUT2D eigenvalue weighted by atomic mass is 32.1. The molecule has 0 aliphatic rings. The maximum atomic E-state index is 12.7. The van der Waals surface area contributed by atoms with E-state index in [0.29, 0.717) is 22.2 Å². The minimum Gasteiger partial charge on any atom is -0.349 e. The van der Waals surface area contributed by atoms with E-state index < -0.39 is 5.92 Å². The van der Waals surface area contributed by atoms with Gasteiger partial charge in [-0.05, 0) is 31.5 Å². The molecule has 3 rings (SSSR count). The zero-order valence-corrected chi connectivity index (χ0v) is 17.7. The van der Waals surface area contributed by atoms with Crippen molar-refractivity contribution in [3.8, 4) is 0 Å². The molecule has 156 valence electrons. The predicted octanol–water partition coefficient (Wildman–Crippen LogP) is 3.03. The number of nitrogens with zero attached hydrogens (tertiary/aromatic N) is 4. The third-order valence-corrected chi connectivity index (χ3v) is 5.47. The Morgan fingerprint density at radius 1 is 1.17 bits per heavy atom. The summed E-state index contributed by atoms with van der Waals surface area (Å²) in [6.07, 6.45) is 5.52. The molecule has 0 spiro atoms. The number of rotatable bonds is 8. The number of amides is 2. The lowest BCUT2D eigenvalue weighted by molar-refractivity contribution is -0.120. The highest BCUT2D eigenvalue weighted by Gasteiger charge is 2.23. The number of carbonyl (C=O) groups excluding carboxylic acids is 2. The Labute approximate surface area is 178 Å². The molecule has 3 N–H and O–H groups in total. The molecule has 0 fully saturated rings. The lowest BCUT2D eigenvalue weighted by Crippen LogP contribution is -2.41. The van der Waals surface area contributed by atoms with Crippen LogP contribution in [0.4, 0.5) is 16.6 Å². The fourth-order valence-electron chi connectivity index (χ4n) is 2.56. The Kier molecular flexibility index (Phi) is 7.02. The van der Waals surface area contributed by atoms with Gasteiger partial charge in [0.25, 0.3) is 5.91 Å². The quantitative estimate of drug-likeness (QED) is 0.507. The van der Waals surface area contributed by atoms with E-state index in [1.165, 1.54) is 11.3 Å². The molecule has 0 saturated heterocycles. The van der Waals surface area contributed by atoms with Crippen LogP contribution in [0.2, 0.25) is 0 Å². The first-order valence-corrected chi connectivity index (χ1v) is 10.3. The van der Waals surface area contributed by atoms with Crippen LogP contribution in [0.25, 0.3) is 0 Å². The van der Waals surface area contributed by atoms with E-state index in [9.17, 15) is 9.59 Å². The Bertz CT molecular complexity index is 1010. The topological polar surface area (TPSA) is 122 Å². The second-order valence-electron chi connectivity index (χ2n) is 6.69. The summed E-state index contributed by atoms with van der Waals surface area (Å²) in [4.78, 5) is 33.3. The van der Waals surface area contributed by atoms with Gasteiger partial charge in [-0.1, -0.05) is 31.3 Å². The molecule has 2 unspecified atom stereocenters. The van der Waals surface area contributed by atoms with Crippen LogP contribution in [0.3, 0.4) is 0 Å². The summed E-state index contributed by atoms with van der Waals surface area (Å²) in [5.41, 5.74) is 1.18. The van der Waals surface area contributed by atoms with E-state index in [2.05, 4.69) is 36.1 Å². The van der Waals surface area contributed by atoms with E-state index in [1.54, 1.807) is 50.6 Å². The van der Waals surface area contributed by atoms with Gasteiger partial charge in [-0.15, -0.1) is 10.2 Å². The van der Waals surface area contributed by atoms with Gasteiger partial charge in [0.2, 0.25) is 11.0 Å². The smallest absolute Gasteiger partial charge is 0.251 e. The van der Waals surface area contributed by atoms with Crippen LogP contribution in [-0.4, -0.2) is 38.0 Å². The zero-order valence-electron chi connectivity index (χ0n) is 16.9. The first-order chi connectivity index (χ1) is 14.5. The molecule has 0 aliphatic heterocycles. The molecule has 0 aliphatic carbocycles. The third kappa shape index (κ3) is 5.57. The van der Waals surface area contributed by atoms with Gasteiger partial charge in [-0.25, -0.2) is 4.98 Å². The number of nitrogens with one attached hydrogen (secondary N) is 3. The Balaban J connectivity index is 1.59. The van der Waals surface area contributed by atoms with Gasteiger partial charge in [-0.3, -0.25) is 14.6 Å². The Hall–Kier alpha value is -3.40. The van der Waals surface area contributed by atoms with Crippen LogP contribution in [0, 0.1) is 5.92 Å². The molecular formula is C20H23N7O2S. The Morgan fingerprint density at radius 3 is 2.70 bits per heavy atom. The van der Waals surface area contributed by atoms with Crippen molar-refractivity contribution in [3.63, 3.8) is 0 Å². The van der Waals surface area contributed by atoms with Gasteiger partial charge in [0.1, 0.15) is 10.8 Å². The lowest BCUT2D eigenvalue weighted by Gasteiger charge is -2.20. The van der Waals surface area contributed by atoms with Crippen molar-refractivity contribution in [2.24, 2.45) is 5.92 Å². The van der Waals surface area contributed by atoms with Gasteiger partial charge >= 0.3 is 0 Å². The van der Waals surface area contributed by atoms with E-state index in [4.69, 9.17) is 0 Å². The van der Waals surface area contributed by atoms with Gasteiger partial charge in [0.05, 0.1) is 12.1 Å². The van der Waals surface area contributed by atoms with E-state index in [1.807, 2.05) is 13.0 Å². The van der Waals surface area contributed by atoms with Crippen molar-refractivity contribution in [3.05, 3.63) is 53.4 Å². The van der Waals surface area contributed by atoms with Crippen molar-refractivity contribution in [2.45, 2.75) is 33.2 Å². The van der Waals surface area contributed by atoms with E-state index in [0.717, 1.165) is 11.4 Å². The third-order valence-electron chi connectivity index (χ3n) is 4.48. The van der Waals surface area contributed by atoms with Gasteiger partial charge in [0.15, 0.2) is 0 Å². The second-order valence-corrected chi connectivity index (χ2v) is 7.75. The molecule has 2 amide bonds. The average molecular weight is 426 g/mol. The summed E-state index contributed by atoms with van der Waals surface area (Å²) in [6, 6.07) is 6.65. The van der Waals surface area contributed by atoms with Gasteiger partial charge in [-0.2, -0.15) is 0 Å². The fourth-order valence-corrected chi connectivity index (χ4v) is 3.24. The van der Waals surface area contributed by atoms with Crippen molar-refractivity contribution < 1.29 is 9.59 Å². The number of aromatic nitrogens is 4. The predicted molar refractivity (Wildman–Crippen MR) is 116 cm³/mol. The summed E-state index contributed by atoms with van der Waals surface area (Å²) < 4.78 is 0. The highest BCUT2D eigenvalue weighted by Crippen LogP contribution is 2.18. The van der Waals surface area contributed by atoms with Crippen LogP contribution in [0.5, 0.6) is 0 Å². The molecule has 0 saturated carbocycles. The Morgan fingerprint density at radius 2 is 2.00 bits per heavy atom. The summed E-state index contributed by atoms with van der Waals surface area (Å²) in [6.45, 7) is 5.53. The maximum absolute atomic E-state index is 12.7. The number of carbonyl (C=O) groups is 2. The van der Waals surface area contributed by atoms with Crippen LogP contribution in [0.15, 0.2) is 42.9 Å². The van der Waals surface area contributed by atoms with Gasteiger partial charge in [0, 0.05) is 29.7 Å². The number of hydrogen-bond acceptors (Lipinski definition) is 8. The number of aryl methyl sites for hydroxylation is 1. The van der Waals surface area contributed by atoms with Gasteiger partial charge < -0.3 is 16.0 Å². The normalized spacial score (nSPS) is 12.6. The van der Waals surface area contributed by atoms with Crippen molar-refractivity contribution >= 4 is 39.8 Å². The van der Waals surface area contributed by atoms with Crippen LogP contribution >= 0.6 is 11.3 Å². The molecular weight excluding hydrogens is 402 g/mol. The standard InChI is InChI=1S/C20H23N7O2S/c1-4-17-26-27-20(30-17)25-18(28)12(2)13(3)23-19(29)14-6-5-7-15(10-14)24-16-11-21-8-9-22-16/h5-13H,4H2,1-3H3,(H,22,24)(H,23,29)(H,25,27,28). The molecule has 2 heterocycles. The van der Waals surface area contributed by atoms with Crippen molar-refractivity contribution in [1.82, 2.24) is 25.5 Å². The monoisotopic (exact) mass is 425 g/mol. The molecule has 0 bridgehead atoms. The van der Waals surface area contributed by atoms with Crippen LogP contribution in [-0.2, 0) is 11.2 Å². The minimum absolute atomic E-state index is 0.223. The zero-order chi connectivity index (χ0) is 21.5. The van der Waals surface area contributed by atoms with Crippen molar-refractivity contribution in [1.29, 1.82) is 0 Å². The molecule has 3 aromatic rings. The summed E-state index contributed by atoms with van der Waals surface area (Å²) in [5, 5.41) is 18.0. The first kappa shape index (κ1) is 21.3. The minimum atomic E-state index is -0.455. The second kappa shape index (κ2) is 9.88. The van der Waals surface area contributed by atoms with Crippen LogP contribution in [0.1, 0.15) is 36.1 Å². The molecule has 30 heavy (non-hydrogen) atoms. The number of anilines is 3. The molecule has 2 atom stereocenters. The molecule has 10 heteroatoms. The lowest BCUT2D eigenvalue weighted by atomic mass is 10.0. The fraction of sp³-hybridized carbons (Fsp3) is 0.300. The number of benzene rings is 1. The largest absolute Gasteiger partial charge is 0.349 e. The summed E-state index contributed by atoms with van der Waals surface area (Å²) in [7, 11) is 0. The highest BCUT2D eigenvalue weighted by molar-refractivity contribution is 7.15. The SMILES string of the molecule is CCc1nnc(NC(=O)C(C)C(C)NC(=O)c2cccc(Nc3cnccn3)c2)s1. The van der Waals surface area contributed by atoms with Crippen LogP contribution < -0.4 is 16.0 Å². The average Bonchev–Trinajstić information content (AvgIpc) is 3.21. The molecule has 1 aromatic carbocycles. The van der Waals surface area contributed by atoms with E-state index >= 15 is 0 Å². The van der Waals surface area contributed by atoms with E-state index in [-0.39, 0.29) is 17.9 Å².